The van der Waals surface area contributed by atoms with Crippen LogP contribution in [0.2, 0.25) is 0 Å². The summed E-state index contributed by atoms with van der Waals surface area (Å²) in [5.74, 6) is 1.71. The molecule has 0 radical (unpaired) electrons. The second kappa shape index (κ2) is 4.69. The summed E-state index contributed by atoms with van der Waals surface area (Å²) in [6.45, 7) is 0. The predicted molar refractivity (Wildman–Crippen MR) is 62.2 cm³/mol. The summed E-state index contributed by atoms with van der Waals surface area (Å²) >= 11 is 2.03. The monoisotopic (exact) mass is 208 g/mol. The van der Waals surface area contributed by atoms with Crippen LogP contribution in [0.4, 0.5) is 5.82 Å². The van der Waals surface area contributed by atoms with Crippen molar-refractivity contribution in [2.75, 3.05) is 5.73 Å². The molecule has 2 rings (SSSR count). The largest absolute Gasteiger partial charge is 0.383 e. The minimum Gasteiger partial charge on any atom is -0.383 e. The van der Waals surface area contributed by atoms with E-state index >= 15 is 0 Å². The molecule has 1 aromatic rings. The zero-order chi connectivity index (χ0) is 9.80. The molecule has 0 atom stereocenters. The van der Waals surface area contributed by atoms with Gasteiger partial charge in [-0.3, -0.25) is 0 Å². The third-order valence-electron chi connectivity index (χ3n) is 2.70. The van der Waals surface area contributed by atoms with Crippen LogP contribution in [-0.4, -0.2) is 10.2 Å². The summed E-state index contributed by atoms with van der Waals surface area (Å²) in [7, 11) is 0. The first-order valence-corrected chi connectivity index (χ1v) is 6.22. The van der Waals surface area contributed by atoms with Crippen LogP contribution in [0, 0.1) is 0 Å². The van der Waals surface area contributed by atoms with E-state index in [2.05, 4.69) is 11.1 Å². The van der Waals surface area contributed by atoms with Gasteiger partial charge < -0.3 is 5.73 Å². The van der Waals surface area contributed by atoms with Crippen LogP contribution in [0.1, 0.15) is 31.2 Å². The van der Waals surface area contributed by atoms with Crippen molar-refractivity contribution in [2.24, 2.45) is 0 Å². The fraction of sp³-hybridized carbons (Fsp3) is 0.545. The standard InChI is InChI=1S/C11H16N2S/c12-11-9(4-3-7-13-11)8-14-10-5-1-2-6-10/h3-4,7,10H,1-2,5-6,8H2,(H2,12,13). The molecule has 0 aromatic carbocycles. The highest BCUT2D eigenvalue weighted by Gasteiger charge is 2.15. The summed E-state index contributed by atoms with van der Waals surface area (Å²) in [6.07, 6.45) is 7.31. The van der Waals surface area contributed by atoms with E-state index in [9.17, 15) is 0 Å². The number of nitrogens with zero attached hydrogens (tertiary/aromatic N) is 1. The summed E-state index contributed by atoms with van der Waals surface area (Å²) < 4.78 is 0. The summed E-state index contributed by atoms with van der Waals surface area (Å²) in [6, 6.07) is 4.03. The molecule has 0 spiro atoms. The number of nitrogen functional groups attached to an aromatic ring is 1. The second-order valence-electron chi connectivity index (χ2n) is 3.77. The van der Waals surface area contributed by atoms with Crippen molar-refractivity contribution in [1.29, 1.82) is 0 Å². The average molecular weight is 208 g/mol. The summed E-state index contributed by atoms with van der Waals surface area (Å²) in [5, 5.41) is 0.856. The van der Waals surface area contributed by atoms with Gasteiger partial charge in [-0.1, -0.05) is 18.9 Å². The van der Waals surface area contributed by atoms with Crippen LogP contribution in [0.3, 0.4) is 0 Å². The number of thioether (sulfide) groups is 1. The van der Waals surface area contributed by atoms with Crippen LogP contribution in [-0.2, 0) is 5.75 Å². The Morgan fingerprint density at radius 2 is 2.21 bits per heavy atom. The van der Waals surface area contributed by atoms with Gasteiger partial charge in [0.2, 0.25) is 0 Å². The normalized spacial score (nSPS) is 17.4. The lowest BCUT2D eigenvalue weighted by Gasteiger charge is -2.09. The van der Waals surface area contributed by atoms with Gasteiger partial charge >= 0.3 is 0 Å². The number of nitrogens with two attached hydrogens (primary N) is 1. The first-order chi connectivity index (χ1) is 6.86. The first kappa shape index (κ1) is 9.84. The molecule has 0 aliphatic heterocycles. The molecule has 3 heteroatoms. The highest BCUT2D eigenvalue weighted by atomic mass is 32.2. The smallest absolute Gasteiger partial charge is 0.127 e. The Kier molecular flexibility index (Phi) is 3.30. The molecule has 1 fully saturated rings. The molecule has 2 nitrogen and oxygen atoms in total. The SMILES string of the molecule is Nc1ncccc1CSC1CCCC1. The van der Waals surface area contributed by atoms with Gasteiger partial charge in [0, 0.05) is 22.8 Å². The number of pyridine rings is 1. The van der Waals surface area contributed by atoms with E-state index in [1.807, 2.05) is 17.8 Å². The molecule has 1 aromatic heterocycles. The topological polar surface area (TPSA) is 38.9 Å². The number of aromatic nitrogens is 1. The Bertz CT molecular complexity index is 295. The van der Waals surface area contributed by atoms with Crippen LogP contribution < -0.4 is 5.73 Å². The molecule has 76 valence electrons. The van der Waals surface area contributed by atoms with Crippen molar-refractivity contribution in [3.8, 4) is 0 Å². The van der Waals surface area contributed by atoms with E-state index in [0.717, 1.165) is 11.0 Å². The van der Waals surface area contributed by atoms with E-state index in [4.69, 9.17) is 5.73 Å². The zero-order valence-electron chi connectivity index (χ0n) is 8.28. The zero-order valence-corrected chi connectivity index (χ0v) is 9.09. The Labute approximate surface area is 89.3 Å². The molecule has 0 unspecified atom stereocenters. The fourth-order valence-corrected chi connectivity index (χ4v) is 3.16. The van der Waals surface area contributed by atoms with Crippen molar-refractivity contribution in [1.82, 2.24) is 4.98 Å². The lowest BCUT2D eigenvalue weighted by molar-refractivity contribution is 0.886. The molecule has 1 heterocycles. The van der Waals surface area contributed by atoms with Crippen molar-refractivity contribution in [2.45, 2.75) is 36.7 Å². The number of rotatable bonds is 3. The number of hydrogen-bond acceptors (Lipinski definition) is 3. The maximum Gasteiger partial charge on any atom is 0.127 e. The van der Waals surface area contributed by atoms with E-state index in [1.165, 1.54) is 31.2 Å². The molecular weight excluding hydrogens is 192 g/mol. The minimum absolute atomic E-state index is 0.693. The average Bonchev–Trinajstić information content (AvgIpc) is 2.69. The van der Waals surface area contributed by atoms with Gasteiger partial charge in [0.25, 0.3) is 0 Å². The Balaban J connectivity index is 1.88. The van der Waals surface area contributed by atoms with Crippen LogP contribution in [0.15, 0.2) is 18.3 Å². The van der Waals surface area contributed by atoms with Gasteiger partial charge in [-0.2, -0.15) is 11.8 Å². The van der Waals surface area contributed by atoms with Gasteiger partial charge in [-0.25, -0.2) is 4.98 Å². The molecular formula is C11H16N2S. The van der Waals surface area contributed by atoms with Crippen LogP contribution in [0.5, 0.6) is 0 Å². The Morgan fingerprint density at radius 3 is 2.93 bits per heavy atom. The minimum atomic E-state index is 0.693. The van der Waals surface area contributed by atoms with Gasteiger partial charge in [0.1, 0.15) is 5.82 Å². The van der Waals surface area contributed by atoms with Crippen LogP contribution in [0.25, 0.3) is 0 Å². The van der Waals surface area contributed by atoms with Gasteiger partial charge in [0.15, 0.2) is 0 Å². The maximum atomic E-state index is 5.78. The molecule has 1 aliphatic rings. The van der Waals surface area contributed by atoms with Gasteiger partial charge in [0.05, 0.1) is 0 Å². The van der Waals surface area contributed by atoms with E-state index < -0.39 is 0 Å². The predicted octanol–water partition coefficient (Wildman–Crippen LogP) is 2.84. The molecule has 0 amide bonds. The van der Waals surface area contributed by atoms with Crippen molar-refractivity contribution in [3.63, 3.8) is 0 Å². The van der Waals surface area contributed by atoms with Crippen molar-refractivity contribution < 1.29 is 0 Å². The molecule has 14 heavy (non-hydrogen) atoms. The highest BCUT2D eigenvalue weighted by molar-refractivity contribution is 7.99. The molecule has 0 bridgehead atoms. The van der Waals surface area contributed by atoms with E-state index in [-0.39, 0.29) is 0 Å². The Morgan fingerprint density at radius 1 is 1.43 bits per heavy atom. The summed E-state index contributed by atoms with van der Waals surface area (Å²) in [4.78, 5) is 4.09. The second-order valence-corrected chi connectivity index (χ2v) is 5.05. The Hall–Kier alpha value is -0.700. The quantitative estimate of drug-likeness (QED) is 0.830. The first-order valence-electron chi connectivity index (χ1n) is 5.17. The molecule has 1 saturated carbocycles. The third-order valence-corrected chi connectivity index (χ3v) is 4.12. The lowest BCUT2D eigenvalue weighted by atomic mass is 10.3. The number of anilines is 1. The van der Waals surface area contributed by atoms with Crippen LogP contribution >= 0.6 is 11.8 Å². The lowest BCUT2D eigenvalue weighted by Crippen LogP contribution is -1.99. The molecule has 2 N–H and O–H groups in total. The molecule has 1 aliphatic carbocycles. The van der Waals surface area contributed by atoms with Crippen molar-refractivity contribution >= 4 is 17.6 Å². The van der Waals surface area contributed by atoms with E-state index in [1.54, 1.807) is 6.20 Å². The van der Waals surface area contributed by atoms with Gasteiger partial charge in [-0.05, 0) is 18.9 Å². The van der Waals surface area contributed by atoms with Gasteiger partial charge in [-0.15, -0.1) is 0 Å². The summed E-state index contributed by atoms with van der Waals surface area (Å²) in [5.41, 5.74) is 6.97. The van der Waals surface area contributed by atoms with Crippen molar-refractivity contribution in [3.05, 3.63) is 23.9 Å². The third kappa shape index (κ3) is 2.41. The maximum absolute atomic E-state index is 5.78. The fourth-order valence-electron chi connectivity index (χ4n) is 1.84. The molecule has 0 saturated heterocycles. The number of hydrogen-bond donors (Lipinski definition) is 1. The highest BCUT2D eigenvalue weighted by Crippen LogP contribution is 2.32. The van der Waals surface area contributed by atoms with E-state index in [0.29, 0.717) is 5.82 Å².